The van der Waals surface area contributed by atoms with Gasteiger partial charge in [0.05, 0.1) is 5.92 Å². The number of hydrogen-bond donors (Lipinski definition) is 1. The molecule has 4 nitrogen and oxygen atoms in total. The number of carboxylic acid groups (broad SMARTS) is 1. The minimum atomic E-state index is -0.727. The van der Waals surface area contributed by atoms with Gasteiger partial charge in [-0.15, -0.1) is 0 Å². The molecule has 122 valence electrons. The highest BCUT2D eigenvalue weighted by Gasteiger charge is 2.19. The maximum Gasteiger partial charge on any atom is 0.308 e. The van der Waals surface area contributed by atoms with Gasteiger partial charge in [0, 0.05) is 25.3 Å². The lowest BCUT2D eigenvalue weighted by Gasteiger charge is -2.29. The predicted molar refractivity (Wildman–Crippen MR) is 90.6 cm³/mol. The molecule has 1 fully saturated rings. The van der Waals surface area contributed by atoms with Crippen LogP contribution in [0.5, 0.6) is 0 Å². The van der Waals surface area contributed by atoms with Crippen molar-refractivity contribution in [3.8, 4) is 0 Å². The molecule has 1 aromatic rings. The van der Waals surface area contributed by atoms with Crippen LogP contribution in [0.4, 0.5) is 5.69 Å². The van der Waals surface area contributed by atoms with Crippen LogP contribution in [0.3, 0.4) is 0 Å². The van der Waals surface area contributed by atoms with Gasteiger partial charge in [-0.3, -0.25) is 4.79 Å². The number of hydrogen-bond acceptors (Lipinski definition) is 3. The summed E-state index contributed by atoms with van der Waals surface area (Å²) in [6.07, 6.45) is 2.57. The van der Waals surface area contributed by atoms with Crippen LogP contribution in [-0.2, 0) is 4.79 Å². The number of rotatable bonds is 7. The van der Waals surface area contributed by atoms with Gasteiger partial charge in [0.25, 0.3) is 0 Å². The van der Waals surface area contributed by atoms with Crippen molar-refractivity contribution in [3.05, 3.63) is 29.3 Å². The van der Waals surface area contributed by atoms with Crippen molar-refractivity contribution in [1.82, 2.24) is 4.90 Å². The number of aryl methyl sites for hydroxylation is 2. The Hall–Kier alpha value is -1.55. The highest BCUT2D eigenvalue weighted by molar-refractivity contribution is 5.70. The zero-order chi connectivity index (χ0) is 16.1. The zero-order valence-electron chi connectivity index (χ0n) is 14.0. The largest absolute Gasteiger partial charge is 0.481 e. The molecule has 1 aromatic carbocycles. The molecular formula is C18H28N2O2. The average molecular weight is 304 g/mol. The Kier molecular flexibility index (Phi) is 5.83. The van der Waals surface area contributed by atoms with Gasteiger partial charge in [-0.2, -0.15) is 0 Å². The number of anilines is 1. The summed E-state index contributed by atoms with van der Waals surface area (Å²) in [6.45, 7) is 10.8. The van der Waals surface area contributed by atoms with Crippen LogP contribution in [0, 0.1) is 19.8 Å². The first kappa shape index (κ1) is 16.8. The van der Waals surface area contributed by atoms with Crippen molar-refractivity contribution < 1.29 is 9.90 Å². The van der Waals surface area contributed by atoms with E-state index in [1.165, 1.54) is 37.1 Å². The van der Waals surface area contributed by atoms with E-state index in [2.05, 4.69) is 41.8 Å². The Morgan fingerprint density at radius 2 is 1.95 bits per heavy atom. The summed E-state index contributed by atoms with van der Waals surface area (Å²) in [5, 5.41) is 9.22. The molecule has 2 rings (SSSR count). The monoisotopic (exact) mass is 304 g/mol. The third-order valence-corrected chi connectivity index (χ3v) is 4.66. The third-order valence-electron chi connectivity index (χ3n) is 4.66. The highest BCUT2D eigenvalue weighted by Crippen LogP contribution is 2.20. The first-order valence-electron chi connectivity index (χ1n) is 8.24. The van der Waals surface area contributed by atoms with Gasteiger partial charge in [-0.25, -0.2) is 0 Å². The van der Waals surface area contributed by atoms with E-state index in [0.717, 1.165) is 18.8 Å². The zero-order valence-corrected chi connectivity index (χ0v) is 14.0. The van der Waals surface area contributed by atoms with E-state index in [-0.39, 0.29) is 5.92 Å². The van der Waals surface area contributed by atoms with Crippen molar-refractivity contribution in [2.75, 3.05) is 37.6 Å². The second kappa shape index (κ2) is 7.63. The summed E-state index contributed by atoms with van der Waals surface area (Å²) >= 11 is 0. The van der Waals surface area contributed by atoms with E-state index in [4.69, 9.17) is 0 Å². The molecule has 1 atom stereocenters. The smallest absolute Gasteiger partial charge is 0.308 e. The molecule has 0 spiro atoms. The molecule has 0 bridgehead atoms. The van der Waals surface area contributed by atoms with Gasteiger partial charge < -0.3 is 14.9 Å². The SMILES string of the molecule is Cc1ccc(N(CCN2CCCC2)CC(C)C(=O)O)cc1C. The lowest BCUT2D eigenvalue weighted by Crippen LogP contribution is -2.38. The fraction of sp³-hybridized carbons (Fsp3) is 0.611. The van der Waals surface area contributed by atoms with Gasteiger partial charge in [0.2, 0.25) is 0 Å². The Bertz CT molecular complexity index is 510. The van der Waals surface area contributed by atoms with Gasteiger partial charge in [0.1, 0.15) is 0 Å². The Balaban J connectivity index is 2.08. The van der Waals surface area contributed by atoms with Crippen molar-refractivity contribution in [1.29, 1.82) is 0 Å². The minimum Gasteiger partial charge on any atom is -0.481 e. The topological polar surface area (TPSA) is 43.8 Å². The Morgan fingerprint density at radius 1 is 1.27 bits per heavy atom. The molecule has 0 aromatic heterocycles. The third kappa shape index (κ3) is 4.47. The molecule has 4 heteroatoms. The van der Waals surface area contributed by atoms with Crippen molar-refractivity contribution in [2.45, 2.75) is 33.6 Å². The van der Waals surface area contributed by atoms with Crippen LogP contribution in [0.25, 0.3) is 0 Å². The van der Waals surface area contributed by atoms with E-state index in [1.54, 1.807) is 6.92 Å². The number of aliphatic carboxylic acids is 1. The van der Waals surface area contributed by atoms with Crippen molar-refractivity contribution >= 4 is 11.7 Å². The molecule has 0 amide bonds. The van der Waals surface area contributed by atoms with Crippen LogP contribution in [0.2, 0.25) is 0 Å². The summed E-state index contributed by atoms with van der Waals surface area (Å²) in [5.74, 6) is -1.09. The first-order chi connectivity index (χ1) is 10.5. The standard InChI is InChI=1S/C18H28N2O2/c1-14-6-7-17(12-15(14)2)20(13-16(3)18(21)22)11-10-19-8-4-5-9-19/h6-7,12,16H,4-5,8-11,13H2,1-3H3,(H,21,22). The maximum atomic E-state index is 11.2. The van der Waals surface area contributed by atoms with Gasteiger partial charge >= 0.3 is 5.97 Å². The quantitative estimate of drug-likeness (QED) is 0.841. The van der Waals surface area contributed by atoms with E-state index in [1.807, 2.05) is 0 Å². The van der Waals surface area contributed by atoms with Crippen LogP contribution >= 0.6 is 0 Å². The number of carbonyl (C=O) groups is 1. The molecule has 22 heavy (non-hydrogen) atoms. The van der Waals surface area contributed by atoms with Crippen molar-refractivity contribution in [2.24, 2.45) is 5.92 Å². The molecule has 1 unspecified atom stereocenters. The fourth-order valence-electron chi connectivity index (χ4n) is 2.93. The molecule has 1 aliphatic rings. The Morgan fingerprint density at radius 3 is 2.55 bits per heavy atom. The summed E-state index contributed by atoms with van der Waals surface area (Å²) in [5.41, 5.74) is 3.66. The molecule has 1 aliphatic heterocycles. The van der Waals surface area contributed by atoms with Gasteiger partial charge in [0.15, 0.2) is 0 Å². The molecule has 1 saturated heterocycles. The molecule has 0 aliphatic carbocycles. The maximum absolute atomic E-state index is 11.2. The molecular weight excluding hydrogens is 276 g/mol. The second-order valence-corrected chi connectivity index (χ2v) is 6.50. The summed E-state index contributed by atoms with van der Waals surface area (Å²) in [7, 11) is 0. The van der Waals surface area contributed by atoms with E-state index >= 15 is 0 Å². The molecule has 1 N–H and O–H groups in total. The van der Waals surface area contributed by atoms with Crippen LogP contribution in [0.15, 0.2) is 18.2 Å². The highest BCUT2D eigenvalue weighted by atomic mass is 16.4. The number of benzene rings is 1. The number of carboxylic acids is 1. The lowest BCUT2D eigenvalue weighted by atomic mass is 10.1. The molecule has 1 heterocycles. The summed E-state index contributed by atoms with van der Waals surface area (Å²) in [6, 6.07) is 6.41. The second-order valence-electron chi connectivity index (χ2n) is 6.50. The van der Waals surface area contributed by atoms with E-state index in [9.17, 15) is 9.90 Å². The summed E-state index contributed by atoms with van der Waals surface area (Å²) < 4.78 is 0. The van der Waals surface area contributed by atoms with Crippen LogP contribution in [-0.4, -0.2) is 48.7 Å². The van der Waals surface area contributed by atoms with E-state index < -0.39 is 5.97 Å². The normalized spacial score (nSPS) is 16.7. The molecule has 0 saturated carbocycles. The van der Waals surface area contributed by atoms with Gasteiger partial charge in [-0.05, 0) is 63.0 Å². The average Bonchev–Trinajstić information content (AvgIpc) is 2.99. The Labute approximate surface area is 133 Å². The van der Waals surface area contributed by atoms with Crippen LogP contribution in [0.1, 0.15) is 30.9 Å². The predicted octanol–water partition coefficient (Wildman–Crippen LogP) is 2.93. The fourth-order valence-corrected chi connectivity index (χ4v) is 2.93. The minimum absolute atomic E-state index is 0.361. The lowest BCUT2D eigenvalue weighted by molar-refractivity contribution is -0.140. The summed E-state index contributed by atoms with van der Waals surface area (Å²) in [4.78, 5) is 15.9. The number of nitrogens with zero attached hydrogens (tertiary/aromatic N) is 2. The van der Waals surface area contributed by atoms with Crippen LogP contribution < -0.4 is 4.90 Å². The van der Waals surface area contributed by atoms with Gasteiger partial charge in [-0.1, -0.05) is 13.0 Å². The number of likely N-dealkylation sites (tertiary alicyclic amines) is 1. The van der Waals surface area contributed by atoms with Crippen molar-refractivity contribution in [3.63, 3.8) is 0 Å². The van der Waals surface area contributed by atoms with E-state index in [0.29, 0.717) is 6.54 Å². The first-order valence-corrected chi connectivity index (χ1v) is 8.24. The molecule has 0 radical (unpaired) electrons.